The standard InChI is InChI=1S/C20H28N4O3/c1-3-17-23-19(24-27-17)13-4-6-15-12(10-13)5-7-16(15)22-20(25)14-8-9-21-18(11-14)26-2/h4,6,10,14,16-17,19,23-24H,3,5,7-9,11H2,1-2H3,(H,22,25)/t14?,16-,17?,19?/m1/s1. The minimum atomic E-state index is -0.0456. The van der Waals surface area contributed by atoms with Crippen molar-refractivity contribution in [2.45, 2.75) is 57.5 Å². The third kappa shape index (κ3) is 3.85. The summed E-state index contributed by atoms with van der Waals surface area (Å²) in [6, 6.07) is 6.58. The van der Waals surface area contributed by atoms with Crippen LogP contribution in [0.4, 0.5) is 0 Å². The first-order valence-electron chi connectivity index (χ1n) is 9.85. The lowest BCUT2D eigenvalue weighted by atomic mass is 9.97. The summed E-state index contributed by atoms with van der Waals surface area (Å²) in [5, 5.41) is 6.67. The summed E-state index contributed by atoms with van der Waals surface area (Å²) in [4.78, 5) is 22.5. The molecule has 27 heavy (non-hydrogen) atoms. The van der Waals surface area contributed by atoms with Gasteiger partial charge in [-0.1, -0.05) is 25.1 Å². The van der Waals surface area contributed by atoms with Crippen molar-refractivity contribution in [3.05, 3.63) is 34.9 Å². The van der Waals surface area contributed by atoms with Crippen molar-refractivity contribution in [2.24, 2.45) is 10.9 Å². The third-order valence-electron chi connectivity index (χ3n) is 5.74. The highest BCUT2D eigenvalue weighted by Gasteiger charge is 2.31. The van der Waals surface area contributed by atoms with Crippen LogP contribution in [-0.2, 0) is 20.8 Å². The number of hydroxylamine groups is 1. The number of aryl methyl sites for hydroxylation is 1. The van der Waals surface area contributed by atoms with E-state index in [1.807, 2.05) is 0 Å². The minimum absolute atomic E-state index is 0.0166. The molecule has 2 heterocycles. The van der Waals surface area contributed by atoms with Gasteiger partial charge in [-0.15, -0.1) is 0 Å². The van der Waals surface area contributed by atoms with E-state index in [1.165, 1.54) is 16.7 Å². The van der Waals surface area contributed by atoms with E-state index in [0.29, 0.717) is 18.9 Å². The van der Waals surface area contributed by atoms with Gasteiger partial charge in [0.15, 0.2) is 5.90 Å². The van der Waals surface area contributed by atoms with E-state index < -0.39 is 0 Å². The number of ether oxygens (including phenoxy) is 1. The first-order chi connectivity index (χ1) is 13.2. The second-order valence-corrected chi connectivity index (χ2v) is 7.46. The number of nitrogens with zero attached hydrogens (tertiary/aromatic N) is 1. The Bertz CT molecular complexity index is 736. The Balaban J connectivity index is 1.40. The molecule has 7 nitrogen and oxygen atoms in total. The van der Waals surface area contributed by atoms with Gasteiger partial charge in [-0.2, -0.15) is 5.48 Å². The largest absolute Gasteiger partial charge is 0.484 e. The Hall–Kier alpha value is -1.96. The van der Waals surface area contributed by atoms with E-state index in [-0.39, 0.29) is 30.3 Å². The number of methoxy groups -OCH3 is 1. The topological polar surface area (TPSA) is 84.0 Å². The van der Waals surface area contributed by atoms with Crippen LogP contribution in [0.2, 0.25) is 0 Å². The van der Waals surface area contributed by atoms with Gasteiger partial charge in [0, 0.05) is 18.9 Å². The molecule has 1 saturated heterocycles. The fourth-order valence-corrected chi connectivity index (χ4v) is 4.12. The zero-order chi connectivity index (χ0) is 18.8. The van der Waals surface area contributed by atoms with Crippen molar-refractivity contribution < 1.29 is 14.4 Å². The van der Waals surface area contributed by atoms with Gasteiger partial charge < -0.3 is 10.1 Å². The van der Waals surface area contributed by atoms with Crippen molar-refractivity contribution >= 4 is 11.8 Å². The van der Waals surface area contributed by atoms with Crippen molar-refractivity contribution in [3.63, 3.8) is 0 Å². The monoisotopic (exact) mass is 372 g/mol. The molecule has 0 radical (unpaired) electrons. The molecule has 3 unspecified atom stereocenters. The molecule has 4 atom stereocenters. The smallest absolute Gasteiger partial charge is 0.224 e. The van der Waals surface area contributed by atoms with Crippen LogP contribution in [0.25, 0.3) is 0 Å². The summed E-state index contributed by atoms with van der Waals surface area (Å²) in [6.07, 6.45) is 4.29. The Morgan fingerprint density at radius 1 is 1.41 bits per heavy atom. The van der Waals surface area contributed by atoms with Crippen molar-refractivity contribution in [1.29, 1.82) is 0 Å². The summed E-state index contributed by atoms with van der Waals surface area (Å²) < 4.78 is 5.22. The highest BCUT2D eigenvalue weighted by molar-refractivity contribution is 5.87. The SMILES string of the molecule is CCC1NC(c2ccc3c(c2)CC[C@H]3NC(=O)C2CCN=C(OC)C2)NO1. The van der Waals surface area contributed by atoms with Crippen LogP contribution >= 0.6 is 0 Å². The molecular weight excluding hydrogens is 344 g/mol. The number of benzene rings is 1. The quantitative estimate of drug-likeness (QED) is 0.754. The van der Waals surface area contributed by atoms with Gasteiger partial charge in [-0.3, -0.25) is 19.9 Å². The predicted molar refractivity (Wildman–Crippen MR) is 102 cm³/mol. The molecular formula is C20H28N4O3. The van der Waals surface area contributed by atoms with Crippen LogP contribution in [0, 0.1) is 5.92 Å². The van der Waals surface area contributed by atoms with E-state index in [1.54, 1.807) is 7.11 Å². The van der Waals surface area contributed by atoms with Gasteiger partial charge in [-0.05, 0) is 42.4 Å². The van der Waals surface area contributed by atoms with Crippen molar-refractivity contribution in [3.8, 4) is 0 Å². The van der Waals surface area contributed by atoms with Crippen LogP contribution in [0.1, 0.15) is 61.5 Å². The van der Waals surface area contributed by atoms with Crippen LogP contribution < -0.4 is 16.1 Å². The van der Waals surface area contributed by atoms with E-state index in [0.717, 1.165) is 25.7 Å². The fraction of sp³-hybridized carbons (Fsp3) is 0.600. The number of nitrogens with one attached hydrogen (secondary N) is 3. The molecule has 1 aromatic carbocycles. The maximum atomic E-state index is 12.7. The number of hydrogen-bond donors (Lipinski definition) is 3. The average Bonchev–Trinajstić information content (AvgIpc) is 3.35. The highest BCUT2D eigenvalue weighted by Crippen LogP contribution is 2.34. The molecule has 4 rings (SSSR count). The van der Waals surface area contributed by atoms with Crippen LogP contribution in [0.3, 0.4) is 0 Å². The lowest BCUT2D eigenvalue weighted by molar-refractivity contribution is -0.125. The summed E-state index contributed by atoms with van der Waals surface area (Å²) in [7, 11) is 1.62. The molecule has 146 valence electrons. The Morgan fingerprint density at radius 3 is 3.07 bits per heavy atom. The van der Waals surface area contributed by atoms with Gasteiger partial charge in [0.25, 0.3) is 0 Å². The van der Waals surface area contributed by atoms with Crippen molar-refractivity contribution in [1.82, 2.24) is 16.1 Å². The zero-order valence-corrected chi connectivity index (χ0v) is 16.0. The predicted octanol–water partition coefficient (Wildman–Crippen LogP) is 2.10. The summed E-state index contributed by atoms with van der Waals surface area (Å²) in [5.41, 5.74) is 6.77. The van der Waals surface area contributed by atoms with Crippen LogP contribution in [0.5, 0.6) is 0 Å². The number of carbonyl (C=O) groups excluding carboxylic acids is 1. The zero-order valence-electron chi connectivity index (χ0n) is 16.0. The van der Waals surface area contributed by atoms with Gasteiger partial charge in [0.1, 0.15) is 12.4 Å². The highest BCUT2D eigenvalue weighted by atomic mass is 16.7. The number of amides is 1. The van der Waals surface area contributed by atoms with Crippen LogP contribution in [-0.4, -0.2) is 31.7 Å². The summed E-state index contributed by atoms with van der Waals surface area (Å²) in [6.45, 7) is 2.75. The molecule has 1 fully saturated rings. The minimum Gasteiger partial charge on any atom is -0.484 e. The molecule has 1 aromatic rings. The van der Waals surface area contributed by atoms with E-state index in [4.69, 9.17) is 9.57 Å². The first-order valence-corrected chi connectivity index (χ1v) is 9.85. The van der Waals surface area contributed by atoms with E-state index >= 15 is 0 Å². The molecule has 1 amide bonds. The fourth-order valence-electron chi connectivity index (χ4n) is 4.12. The molecule has 7 heteroatoms. The van der Waals surface area contributed by atoms with Gasteiger partial charge in [0.05, 0.1) is 13.2 Å². The number of rotatable bonds is 4. The molecule has 0 bridgehead atoms. The second kappa shape index (κ2) is 7.96. The normalized spacial score (nSPS) is 29.9. The van der Waals surface area contributed by atoms with Gasteiger partial charge in [-0.25, -0.2) is 0 Å². The molecule has 0 spiro atoms. The van der Waals surface area contributed by atoms with E-state index in [9.17, 15) is 4.79 Å². The molecule has 0 aromatic heterocycles. The van der Waals surface area contributed by atoms with E-state index in [2.05, 4.69) is 46.2 Å². The summed E-state index contributed by atoms with van der Waals surface area (Å²) >= 11 is 0. The lowest BCUT2D eigenvalue weighted by Gasteiger charge is -2.23. The van der Waals surface area contributed by atoms with Gasteiger partial charge in [0.2, 0.25) is 5.91 Å². The average molecular weight is 372 g/mol. The van der Waals surface area contributed by atoms with Crippen molar-refractivity contribution in [2.75, 3.05) is 13.7 Å². The van der Waals surface area contributed by atoms with Crippen LogP contribution in [0.15, 0.2) is 23.2 Å². The lowest BCUT2D eigenvalue weighted by Crippen LogP contribution is -2.36. The van der Waals surface area contributed by atoms with Gasteiger partial charge >= 0.3 is 0 Å². The number of fused-ring (bicyclic) bond motifs is 1. The maximum Gasteiger partial charge on any atom is 0.224 e. The molecule has 1 aliphatic carbocycles. The number of aliphatic imine (C=N–C) groups is 1. The molecule has 2 aliphatic heterocycles. The Morgan fingerprint density at radius 2 is 2.30 bits per heavy atom. The maximum absolute atomic E-state index is 12.7. The number of hydrogen-bond acceptors (Lipinski definition) is 6. The molecule has 3 N–H and O–H groups in total. The molecule has 3 aliphatic rings. The molecule has 0 saturated carbocycles. The Labute approximate surface area is 159 Å². The first kappa shape index (κ1) is 18.4. The number of carbonyl (C=O) groups is 1. The second-order valence-electron chi connectivity index (χ2n) is 7.46. The Kier molecular flexibility index (Phi) is 5.43. The summed E-state index contributed by atoms with van der Waals surface area (Å²) in [5.74, 6) is 0.748. The third-order valence-corrected chi connectivity index (χ3v) is 5.74.